The van der Waals surface area contributed by atoms with Crippen molar-refractivity contribution in [3.05, 3.63) is 106 Å². The number of benzene rings is 3. The van der Waals surface area contributed by atoms with Gasteiger partial charge < -0.3 is 0 Å². The fourth-order valence-corrected chi connectivity index (χ4v) is 4.33. The molecular formula is C25H22O2. The second-order valence-electron chi connectivity index (χ2n) is 7.53. The summed E-state index contributed by atoms with van der Waals surface area (Å²) in [4.78, 5) is 27.4. The number of rotatable bonds is 3. The lowest BCUT2D eigenvalue weighted by atomic mass is 9.69. The molecule has 0 amide bonds. The molecular weight excluding hydrogens is 332 g/mol. The highest BCUT2D eigenvalue weighted by molar-refractivity contribution is 6.33. The molecule has 1 aliphatic rings. The molecule has 4 rings (SSSR count). The summed E-state index contributed by atoms with van der Waals surface area (Å²) in [6.45, 7) is 6.07. The van der Waals surface area contributed by atoms with E-state index in [2.05, 4.69) is 6.07 Å². The van der Waals surface area contributed by atoms with Gasteiger partial charge in [-0.25, -0.2) is 0 Å². The van der Waals surface area contributed by atoms with Gasteiger partial charge in [-0.05, 0) is 49.4 Å². The average molecular weight is 354 g/mol. The van der Waals surface area contributed by atoms with Crippen LogP contribution in [0.1, 0.15) is 48.5 Å². The maximum atomic E-state index is 13.7. The molecule has 0 bridgehead atoms. The molecule has 0 atom stereocenters. The topological polar surface area (TPSA) is 34.1 Å². The van der Waals surface area contributed by atoms with Crippen LogP contribution in [0.15, 0.2) is 66.7 Å². The van der Waals surface area contributed by atoms with Crippen molar-refractivity contribution >= 4 is 11.6 Å². The largest absolute Gasteiger partial charge is 0.293 e. The van der Waals surface area contributed by atoms with Crippen molar-refractivity contribution in [3.63, 3.8) is 0 Å². The van der Waals surface area contributed by atoms with E-state index < -0.39 is 5.41 Å². The first-order valence-corrected chi connectivity index (χ1v) is 9.26. The highest BCUT2D eigenvalue weighted by atomic mass is 16.2. The first kappa shape index (κ1) is 17.4. The van der Waals surface area contributed by atoms with E-state index in [0.717, 1.165) is 27.8 Å². The van der Waals surface area contributed by atoms with Crippen LogP contribution in [0.5, 0.6) is 0 Å². The molecule has 134 valence electrons. The van der Waals surface area contributed by atoms with Crippen molar-refractivity contribution in [2.75, 3.05) is 0 Å². The summed E-state index contributed by atoms with van der Waals surface area (Å²) < 4.78 is 0. The van der Waals surface area contributed by atoms with Gasteiger partial charge in [-0.1, -0.05) is 72.3 Å². The van der Waals surface area contributed by atoms with Gasteiger partial charge >= 0.3 is 0 Å². The molecule has 0 saturated carbocycles. The zero-order valence-electron chi connectivity index (χ0n) is 15.9. The number of carbonyl (C=O) groups excluding carboxylic acids is 2. The fourth-order valence-electron chi connectivity index (χ4n) is 4.33. The second kappa shape index (κ2) is 6.31. The van der Waals surface area contributed by atoms with Gasteiger partial charge in [0.15, 0.2) is 11.6 Å². The molecule has 0 radical (unpaired) electrons. The minimum atomic E-state index is -1.19. The molecule has 27 heavy (non-hydrogen) atoms. The quantitative estimate of drug-likeness (QED) is 0.608. The van der Waals surface area contributed by atoms with Crippen LogP contribution in [0.4, 0.5) is 0 Å². The third kappa shape index (κ3) is 2.56. The standard InChI is InChI=1S/C25H22O2/c1-16-13-17(2)18(3)22(14-16)25(15-19-9-5-4-6-10-19)23(26)20-11-7-8-12-21(20)24(25)27/h4-14H,15H2,1-3H3. The number of hydrogen-bond donors (Lipinski definition) is 0. The number of aryl methyl sites for hydroxylation is 2. The van der Waals surface area contributed by atoms with Gasteiger partial charge in [0.2, 0.25) is 0 Å². The van der Waals surface area contributed by atoms with Gasteiger partial charge in [0.05, 0.1) is 0 Å². The van der Waals surface area contributed by atoms with Gasteiger partial charge in [0, 0.05) is 11.1 Å². The van der Waals surface area contributed by atoms with E-state index >= 15 is 0 Å². The predicted molar refractivity (Wildman–Crippen MR) is 108 cm³/mol. The molecule has 0 unspecified atom stereocenters. The molecule has 0 spiro atoms. The summed E-state index contributed by atoms with van der Waals surface area (Å²) in [6, 6.07) is 21.2. The molecule has 0 heterocycles. The Balaban J connectivity index is 2.02. The van der Waals surface area contributed by atoms with Crippen LogP contribution in [-0.4, -0.2) is 11.6 Å². The van der Waals surface area contributed by atoms with E-state index in [1.807, 2.05) is 69.3 Å². The Morgan fingerprint density at radius 3 is 1.89 bits per heavy atom. The summed E-state index contributed by atoms with van der Waals surface area (Å²) in [7, 11) is 0. The number of hydrogen-bond acceptors (Lipinski definition) is 2. The van der Waals surface area contributed by atoms with Crippen molar-refractivity contribution < 1.29 is 9.59 Å². The highest BCUT2D eigenvalue weighted by Crippen LogP contribution is 2.44. The molecule has 0 aromatic heterocycles. The number of ketones is 2. The zero-order valence-corrected chi connectivity index (χ0v) is 15.9. The Bertz CT molecular complexity index is 1030. The van der Waals surface area contributed by atoms with Crippen LogP contribution in [0.2, 0.25) is 0 Å². The lowest BCUT2D eigenvalue weighted by molar-refractivity contribution is 0.0792. The number of Topliss-reactive ketones (excluding diaryl/α,β-unsaturated/α-hetero) is 2. The number of fused-ring (bicyclic) bond motifs is 1. The van der Waals surface area contributed by atoms with Gasteiger partial charge in [-0.15, -0.1) is 0 Å². The van der Waals surface area contributed by atoms with E-state index in [9.17, 15) is 9.59 Å². The second-order valence-corrected chi connectivity index (χ2v) is 7.53. The van der Waals surface area contributed by atoms with Crippen molar-refractivity contribution in [1.29, 1.82) is 0 Å². The van der Waals surface area contributed by atoms with Crippen molar-refractivity contribution in [2.45, 2.75) is 32.6 Å². The van der Waals surface area contributed by atoms with Crippen LogP contribution in [0, 0.1) is 20.8 Å². The first-order chi connectivity index (χ1) is 12.9. The van der Waals surface area contributed by atoms with Crippen molar-refractivity contribution in [1.82, 2.24) is 0 Å². The molecule has 0 saturated heterocycles. The van der Waals surface area contributed by atoms with Gasteiger partial charge in [0.1, 0.15) is 5.41 Å². The summed E-state index contributed by atoms with van der Waals surface area (Å²) in [5.74, 6) is -0.167. The normalized spacial score (nSPS) is 15.1. The average Bonchev–Trinajstić information content (AvgIpc) is 2.88. The number of carbonyl (C=O) groups is 2. The molecule has 0 N–H and O–H groups in total. The lowest BCUT2D eigenvalue weighted by Crippen LogP contribution is -2.41. The van der Waals surface area contributed by atoms with Crippen LogP contribution in [0.25, 0.3) is 0 Å². The molecule has 1 aliphatic carbocycles. The summed E-state index contributed by atoms with van der Waals surface area (Å²) in [6.07, 6.45) is 0.379. The van der Waals surface area contributed by atoms with E-state index in [4.69, 9.17) is 0 Å². The Hall–Kier alpha value is -3.00. The summed E-state index contributed by atoms with van der Waals surface area (Å²) in [5, 5.41) is 0. The highest BCUT2D eigenvalue weighted by Gasteiger charge is 2.54. The summed E-state index contributed by atoms with van der Waals surface area (Å²) >= 11 is 0. The van der Waals surface area contributed by atoms with E-state index in [0.29, 0.717) is 17.5 Å². The molecule has 0 fully saturated rings. The van der Waals surface area contributed by atoms with Gasteiger partial charge in [-0.2, -0.15) is 0 Å². The van der Waals surface area contributed by atoms with Gasteiger partial charge in [-0.3, -0.25) is 9.59 Å². The van der Waals surface area contributed by atoms with E-state index in [1.165, 1.54) is 0 Å². The smallest absolute Gasteiger partial charge is 0.182 e. The molecule has 2 nitrogen and oxygen atoms in total. The van der Waals surface area contributed by atoms with Gasteiger partial charge in [0.25, 0.3) is 0 Å². The predicted octanol–water partition coefficient (Wildman–Crippen LogP) is 5.17. The molecule has 3 aromatic rings. The molecule has 3 aromatic carbocycles. The SMILES string of the molecule is Cc1cc(C)c(C)c(C2(Cc3ccccc3)C(=O)c3ccccc3C2=O)c1. The maximum absolute atomic E-state index is 13.7. The minimum absolute atomic E-state index is 0.0833. The first-order valence-electron chi connectivity index (χ1n) is 9.26. The Morgan fingerprint density at radius 2 is 1.30 bits per heavy atom. The third-order valence-electron chi connectivity index (χ3n) is 5.78. The van der Waals surface area contributed by atoms with E-state index in [-0.39, 0.29) is 11.6 Å². The molecule has 2 heteroatoms. The van der Waals surface area contributed by atoms with Crippen LogP contribution in [-0.2, 0) is 11.8 Å². The third-order valence-corrected chi connectivity index (χ3v) is 5.78. The monoisotopic (exact) mass is 354 g/mol. The Kier molecular flexibility index (Phi) is 4.07. The van der Waals surface area contributed by atoms with E-state index in [1.54, 1.807) is 12.1 Å². The minimum Gasteiger partial charge on any atom is -0.293 e. The van der Waals surface area contributed by atoms with Crippen LogP contribution < -0.4 is 0 Å². The summed E-state index contributed by atoms with van der Waals surface area (Å²) in [5.41, 5.74) is 4.91. The fraction of sp³-hybridized carbons (Fsp3) is 0.200. The zero-order chi connectivity index (χ0) is 19.2. The lowest BCUT2D eigenvalue weighted by Gasteiger charge is -2.29. The van der Waals surface area contributed by atoms with Crippen LogP contribution in [0.3, 0.4) is 0 Å². The maximum Gasteiger partial charge on any atom is 0.182 e. The van der Waals surface area contributed by atoms with Crippen LogP contribution >= 0.6 is 0 Å². The van der Waals surface area contributed by atoms with Crippen molar-refractivity contribution in [3.8, 4) is 0 Å². The van der Waals surface area contributed by atoms with Crippen molar-refractivity contribution in [2.24, 2.45) is 0 Å². The Morgan fingerprint density at radius 1 is 0.741 bits per heavy atom. The molecule has 0 aliphatic heterocycles. The Labute approximate surface area is 159 Å².